The summed E-state index contributed by atoms with van der Waals surface area (Å²) in [7, 11) is 0. The van der Waals surface area contributed by atoms with Crippen LogP contribution in [0.2, 0.25) is 0 Å². The lowest BCUT2D eigenvalue weighted by molar-refractivity contribution is -0.129. The van der Waals surface area contributed by atoms with Crippen LogP contribution in [0.3, 0.4) is 0 Å². The third-order valence-corrected chi connectivity index (χ3v) is 5.97. The molecule has 0 unspecified atom stereocenters. The highest BCUT2D eigenvalue weighted by molar-refractivity contribution is 5.79. The van der Waals surface area contributed by atoms with Gasteiger partial charge >= 0.3 is 0 Å². The van der Waals surface area contributed by atoms with Gasteiger partial charge in [-0.3, -0.25) is 9.69 Å². The smallest absolute Gasteiger partial charge is 0.227 e. The lowest BCUT2D eigenvalue weighted by atomic mass is 9.98. The second-order valence-corrected chi connectivity index (χ2v) is 7.88. The second kappa shape index (κ2) is 8.22. The van der Waals surface area contributed by atoms with Crippen molar-refractivity contribution >= 4 is 5.91 Å². The first kappa shape index (κ1) is 18.2. The molecule has 0 saturated carbocycles. The molecule has 0 aromatic heterocycles. The van der Waals surface area contributed by atoms with Gasteiger partial charge in [0, 0.05) is 25.7 Å². The van der Waals surface area contributed by atoms with E-state index in [1.165, 1.54) is 25.3 Å². The van der Waals surface area contributed by atoms with Crippen molar-refractivity contribution in [3.05, 3.63) is 71.5 Å². The fourth-order valence-corrected chi connectivity index (χ4v) is 4.59. The molecule has 0 bridgehead atoms. The van der Waals surface area contributed by atoms with E-state index in [4.69, 9.17) is 0 Å². The minimum Gasteiger partial charge on any atom is -0.340 e. The fourth-order valence-electron chi connectivity index (χ4n) is 4.59. The van der Waals surface area contributed by atoms with Crippen molar-refractivity contribution in [3.8, 4) is 0 Å². The van der Waals surface area contributed by atoms with Crippen molar-refractivity contribution < 1.29 is 9.18 Å². The van der Waals surface area contributed by atoms with Crippen molar-refractivity contribution in [2.45, 2.75) is 38.3 Å². The number of likely N-dealkylation sites (tertiary alicyclic amines) is 2. The maximum absolute atomic E-state index is 13.6. The van der Waals surface area contributed by atoms with E-state index in [0.717, 1.165) is 37.3 Å². The van der Waals surface area contributed by atoms with Crippen LogP contribution < -0.4 is 0 Å². The Hall–Kier alpha value is -2.20. The van der Waals surface area contributed by atoms with Gasteiger partial charge in [0.2, 0.25) is 5.91 Å². The van der Waals surface area contributed by atoms with Crippen LogP contribution in [0, 0.1) is 11.7 Å². The van der Waals surface area contributed by atoms with E-state index < -0.39 is 0 Å². The van der Waals surface area contributed by atoms with E-state index in [1.54, 1.807) is 12.1 Å². The van der Waals surface area contributed by atoms with Crippen molar-refractivity contribution in [1.82, 2.24) is 9.80 Å². The van der Waals surface area contributed by atoms with E-state index >= 15 is 0 Å². The summed E-state index contributed by atoms with van der Waals surface area (Å²) >= 11 is 0. The Bertz CT molecular complexity index is 779. The van der Waals surface area contributed by atoms with Crippen LogP contribution in [-0.2, 0) is 17.8 Å². The maximum atomic E-state index is 13.6. The van der Waals surface area contributed by atoms with Gasteiger partial charge in [0.15, 0.2) is 0 Å². The topological polar surface area (TPSA) is 23.6 Å². The zero-order valence-electron chi connectivity index (χ0n) is 15.7. The van der Waals surface area contributed by atoms with E-state index in [1.807, 2.05) is 41.3 Å². The Labute approximate surface area is 160 Å². The molecular weight excluding hydrogens is 339 g/mol. The summed E-state index contributed by atoms with van der Waals surface area (Å²) in [6, 6.07) is 17.3. The lowest BCUT2D eigenvalue weighted by Crippen LogP contribution is -2.40. The molecule has 0 N–H and O–H groups in total. The normalized spacial score (nSPS) is 23.1. The van der Waals surface area contributed by atoms with Crippen LogP contribution in [0.1, 0.15) is 30.4 Å². The number of carbonyl (C=O) groups excluding carboxylic acids is 1. The number of benzene rings is 2. The number of amides is 1. The molecule has 2 heterocycles. The van der Waals surface area contributed by atoms with Crippen LogP contribution in [0.4, 0.5) is 4.39 Å². The predicted octanol–water partition coefficient (Wildman–Crippen LogP) is 3.88. The quantitative estimate of drug-likeness (QED) is 0.820. The number of carbonyl (C=O) groups is 1. The van der Waals surface area contributed by atoms with Crippen LogP contribution in [0.25, 0.3) is 0 Å². The Morgan fingerprint density at radius 3 is 2.63 bits per heavy atom. The maximum Gasteiger partial charge on any atom is 0.227 e. The molecule has 2 atom stereocenters. The van der Waals surface area contributed by atoms with Gasteiger partial charge in [-0.2, -0.15) is 0 Å². The molecule has 27 heavy (non-hydrogen) atoms. The number of halogens is 1. The van der Waals surface area contributed by atoms with Gasteiger partial charge in [0.1, 0.15) is 5.82 Å². The molecule has 2 aromatic carbocycles. The number of hydrogen-bond acceptors (Lipinski definition) is 2. The molecule has 2 aliphatic heterocycles. The second-order valence-electron chi connectivity index (χ2n) is 7.88. The standard InChI is InChI=1S/C23H27FN2O/c24-21-11-6-9-19(13-21)15-25-12-5-4-10-20-16-26(17-22(20)25)23(27)14-18-7-2-1-3-8-18/h1-3,6-9,11,13,20,22H,4-5,10,12,14-17H2/t20-,22+/m0/s1. The molecule has 0 radical (unpaired) electrons. The number of nitrogens with zero attached hydrogens (tertiary/aromatic N) is 2. The van der Waals surface area contributed by atoms with E-state index in [-0.39, 0.29) is 11.7 Å². The van der Waals surface area contributed by atoms with Crippen molar-refractivity contribution in [2.24, 2.45) is 5.92 Å². The van der Waals surface area contributed by atoms with Gasteiger partial charge in [0.05, 0.1) is 6.42 Å². The van der Waals surface area contributed by atoms with Gasteiger partial charge < -0.3 is 4.90 Å². The highest BCUT2D eigenvalue weighted by Gasteiger charge is 2.39. The molecule has 1 amide bonds. The molecule has 4 rings (SSSR count). The van der Waals surface area contributed by atoms with Crippen molar-refractivity contribution in [1.29, 1.82) is 0 Å². The summed E-state index contributed by atoms with van der Waals surface area (Å²) in [6.45, 7) is 3.44. The molecule has 4 heteroatoms. The molecule has 2 aromatic rings. The first-order valence-corrected chi connectivity index (χ1v) is 9.99. The first-order valence-electron chi connectivity index (χ1n) is 9.99. The zero-order chi connectivity index (χ0) is 18.6. The highest BCUT2D eigenvalue weighted by Crippen LogP contribution is 2.31. The van der Waals surface area contributed by atoms with Crippen LogP contribution >= 0.6 is 0 Å². The molecule has 2 saturated heterocycles. The van der Waals surface area contributed by atoms with Gasteiger partial charge in [-0.25, -0.2) is 4.39 Å². The average Bonchev–Trinajstić information content (AvgIpc) is 3.01. The minimum atomic E-state index is -0.176. The summed E-state index contributed by atoms with van der Waals surface area (Å²) in [5.74, 6) is 0.575. The Morgan fingerprint density at radius 2 is 1.81 bits per heavy atom. The van der Waals surface area contributed by atoms with E-state index in [9.17, 15) is 9.18 Å². The highest BCUT2D eigenvalue weighted by atomic mass is 19.1. The van der Waals surface area contributed by atoms with Crippen molar-refractivity contribution in [3.63, 3.8) is 0 Å². The van der Waals surface area contributed by atoms with Gasteiger partial charge in [-0.15, -0.1) is 0 Å². The predicted molar refractivity (Wildman–Crippen MR) is 105 cm³/mol. The minimum absolute atomic E-state index is 0.176. The first-order chi connectivity index (χ1) is 13.2. The number of hydrogen-bond donors (Lipinski definition) is 0. The third kappa shape index (κ3) is 4.38. The molecule has 142 valence electrons. The van der Waals surface area contributed by atoms with Crippen LogP contribution in [-0.4, -0.2) is 41.4 Å². The molecule has 3 nitrogen and oxygen atoms in total. The SMILES string of the molecule is O=C(Cc1ccccc1)N1C[C@@H]2CCCCN(Cc3cccc(F)c3)[C@@H]2C1. The summed E-state index contributed by atoms with van der Waals surface area (Å²) in [4.78, 5) is 17.3. The molecular formula is C23H27FN2O. The Balaban J connectivity index is 1.44. The summed E-state index contributed by atoms with van der Waals surface area (Å²) < 4.78 is 13.6. The molecule has 0 aliphatic carbocycles. The third-order valence-electron chi connectivity index (χ3n) is 5.97. The van der Waals surface area contributed by atoms with Gasteiger partial charge in [-0.1, -0.05) is 48.9 Å². The van der Waals surface area contributed by atoms with E-state index in [2.05, 4.69) is 4.90 Å². The van der Waals surface area contributed by atoms with Gasteiger partial charge in [0.25, 0.3) is 0 Å². The largest absolute Gasteiger partial charge is 0.340 e. The fraction of sp³-hybridized carbons (Fsp3) is 0.435. The van der Waals surface area contributed by atoms with Crippen LogP contribution in [0.15, 0.2) is 54.6 Å². The van der Waals surface area contributed by atoms with Crippen LogP contribution in [0.5, 0.6) is 0 Å². The zero-order valence-corrected chi connectivity index (χ0v) is 15.7. The van der Waals surface area contributed by atoms with E-state index in [0.29, 0.717) is 18.4 Å². The lowest BCUT2D eigenvalue weighted by Gasteiger charge is -2.30. The number of fused-ring (bicyclic) bond motifs is 1. The number of rotatable bonds is 4. The Kier molecular flexibility index (Phi) is 5.53. The molecule has 2 fully saturated rings. The monoisotopic (exact) mass is 366 g/mol. The Morgan fingerprint density at radius 1 is 1.00 bits per heavy atom. The van der Waals surface area contributed by atoms with Gasteiger partial charge in [-0.05, 0) is 48.6 Å². The van der Waals surface area contributed by atoms with Crippen molar-refractivity contribution in [2.75, 3.05) is 19.6 Å². The molecule has 0 spiro atoms. The average molecular weight is 366 g/mol. The summed E-state index contributed by atoms with van der Waals surface area (Å²) in [6.07, 6.45) is 4.05. The summed E-state index contributed by atoms with van der Waals surface area (Å²) in [5, 5.41) is 0. The molecule has 2 aliphatic rings. The summed E-state index contributed by atoms with van der Waals surface area (Å²) in [5.41, 5.74) is 2.09.